The van der Waals surface area contributed by atoms with Crippen LogP contribution in [0.2, 0.25) is 0 Å². The molecule has 0 aromatic carbocycles. The zero-order chi connectivity index (χ0) is 11.8. The molecular formula is C12H23N3O. The molecule has 4 heteroatoms. The van der Waals surface area contributed by atoms with Crippen LogP contribution < -0.4 is 0 Å². The quantitative estimate of drug-likeness (QED) is 0.682. The molecule has 1 heterocycles. The molecule has 0 radical (unpaired) electrons. The smallest absolute Gasteiger partial charge is 0.135 e. The molecule has 0 amide bonds. The molecule has 1 aromatic heterocycles. The number of nitrogens with zero attached hydrogens (tertiary/aromatic N) is 3. The third-order valence-corrected chi connectivity index (χ3v) is 2.82. The number of rotatable bonds is 8. The number of hydrogen-bond acceptors (Lipinski definition) is 3. The van der Waals surface area contributed by atoms with Crippen molar-refractivity contribution in [3.63, 3.8) is 0 Å². The Bertz CT molecular complexity index is 280. The van der Waals surface area contributed by atoms with Crippen LogP contribution in [-0.4, -0.2) is 28.5 Å². The SMILES string of the molecule is CCCC(CCC)c1nncn1CCOC. The van der Waals surface area contributed by atoms with Gasteiger partial charge in [0, 0.05) is 19.6 Å². The molecule has 0 spiro atoms. The van der Waals surface area contributed by atoms with E-state index in [2.05, 4.69) is 28.6 Å². The van der Waals surface area contributed by atoms with Crippen molar-refractivity contribution in [1.29, 1.82) is 0 Å². The van der Waals surface area contributed by atoms with Crippen LogP contribution in [-0.2, 0) is 11.3 Å². The Morgan fingerprint density at radius 3 is 2.56 bits per heavy atom. The van der Waals surface area contributed by atoms with Gasteiger partial charge in [0.25, 0.3) is 0 Å². The van der Waals surface area contributed by atoms with Crippen LogP contribution in [0.1, 0.15) is 51.3 Å². The largest absolute Gasteiger partial charge is 0.383 e. The predicted octanol–water partition coefficient (Wildman–Crippen LogP) is 2.61. The third-order valence-electron chi connectivity index (χ3n) is 2.82. The first kappa shape index (κ1) is 13.2. The van der Waals surface area contributed by atoms with Crippen molar-refractivity contribution in [3.05, 3.63) is 12.2 Å². The fraction of sp³-hybridized carbons (Fsp3) is 0.833. The number of hydrogen-bond donors (Lipinski definition) is 0. The first-order valence-electron chi connectivity index (χ1n) is 6.20. The van der Waals surface area contributed by atoms with Crippen molar-refractivity contribution >= 4 is 0 Å². The molecule has 1 rings (SSSR count). The van der Waals surface area contributed by atoms with Crippen molar-refractivity contribution in [2.45, 2.75) is 52.0 Å². The number of methoxy groups -OCH3 is 1. The molecule has 0 saturated carbocycles. The normalized spacial score (nSPS) is 11.2. The molecule has 4 nitrogen and oxygen atoms in total. The molecule has 0 atom stereocenters. The Kier molecular flexibility index (Phi) is 6.08. The minimum absolute atomic E-state index is 0.550. The summed E-state index contributed by atoms with van der Waals surface area (Å²) in [5.74, 6) is 1.68. The first-order valence-corrected chi connectivity index (χ1v) is 6.20. The molecule has 0 saturated heterocycles. The van der Waals surface area contributed by atoms with E-state index in [4.69, 9.17) is 4.74 Å². The first-order chi connectivity index (χ1) is 7.83. The number of aromatic nitrogens is 3. The lowest BCUT2D eigenvalue weighted by Crippen LogP contribution is -2.11. The molecule has 16 heavy (non-hydrogen) atoms. The fourth-order valence-electron chi connectivity index (χ4n) is 2.04. The Morgan fingerprint density at radius 1 is 1.31 bits per heavy atom. The lowest BCUT2D eigenvalue weighted by Gasteiger charge is -2.15. The van der Waals surface area contributed by atoms with E-state index in [9.17, 15) is 0 Å². The zero-order valence-corrected chi connectivity index (χ0v) is 10.6. The molecule has 0 aliphatic heterocycles. The molecule has 92 valence electrons. The number of ether oxygens (including phenoxy) is 1. The summed E-state index contributed by atoms with van der Waals surface area (Å²) in [5.41, 5.74) is 0. The minimum atomic E-state index is 0.550. The van der Waals surface area contributed by atoms with Gasteiger partial charge < -0.3 is 9.30 Å². The molecular weight excluding hydrogens is 202 g/mol. The van der Waals surface area contributed by atoms with Gasteiger partial charge in [-0.2, -0.15) is 0 Å². The van der Waals surface area contributed by atoms with Gasteiger partial charge in [0.2, 0.25) is 0 Å². The van der Waals surface area contributed by atoms with Crippen molar-refractivity contribution in [3.8, 4) is 0 Å². The summed E-state index contributed by atoms with van der Waals surface area (Å²) in [4.78, 5) is 0. The lowest BCUT2D eigenvalue weighted by atomic mass is 9.97. The van der Waals surface area contributed by atoms with Gasteiger partial charge in [-0.1, -0.05) is 26.7 Å². The summed E-state index contributed by atoms with van der Waals surface area (Å²) in [6.07, 6.45) is 6.59. The van der Waals surface area contributed by atoms with Crippen LogP contribution in [0.3, 0.4) is 0 Å². The van der Waals surface area contributed by atoms with Crippen LogP contribution in [0.5, 0.6) is 0 Å². The lowest BCUT2D eigenvalue weighted by molar-refractivity contribution is 0.185. The van der Waals surface area contributed by atoms with Crippen LogP contribution in [0, 0.1) is 0 Å². The maximum atomic E-state index is 5.09. The molecule has 0 unspecified atom stereocenters. The highest BCUT2D eigenvalue weighted by Crippen LogP contribution is 2.24. The standard InChI is InChI=1S/C12H23N3O/c1-4-6-11(7-5-2)12-14-13-10-15(12)8-9-16-3/h10-11H,4-9H2,1-3H3. The maximum Gasteiger partial charge on any atom is 0.135 e. The van der Waals surface area contributed by atoms with Gasteiger partial charge in [-0.05, 0) is 12.8 Å². The van der Waals surface area contributed by atoms with E-state index in [1.807, 2.05) is 6.33 Å². The van der Waals surface area contributed by atoms with E-state index in [1.165, 1.54) is 25.7 Å². The van der Waals surface area contributed by atoms with E-state index >= 15 is 0 Å². The van der Waals surface area contributed by atoms with Crippen molar-refractivity contribution in [1.82, 2.24) is 14.8 Å². The van der Waals surface area contributed by atoms with E-state index in [0.29, 0.717) is 5.92 Å². The highest BCUT2D eigenvalue weighted by Gasteiger charge is 2.16. The molecule has 0 aliphatic rings. The third kappa shape index (κ3) is 3.59. The van der Waals surface area contributed by atoms with Crippen molar-refractivity contribution < 1.29 is 4.74 Å². The summed E-state index contributed by atoms with van der Waals surface area (Å²) in [7, 11) is 1.72. The molecule has 1 aromatic rings. The van der Waals surface area contributed by atoms with E-state index in [0.717, 1.165) is 19.0 Å². The second-order valence-corrected chi connectivity index (χ2v) is 4.15. The van der Waals surface area contributed by atoms with Crippen molar-refractivity contribution in [2.24, 2.45) is 0 Å². The van der Waals surface area contributed by atoms with Gasteiger partial charge in [-0.25, -0.2) is 0 Å². The molecule has 0 N–H and O–H groups in total. The summed E-state index contributed by atoms with van der Waals surface area (Å²) in [6, 6.07) is 0. The van der Waals surface area contributed by atoms with E-state index < -0.39 is 0 Å². The second-order valence-electron chi connectivity index (χ2n) is 4.15. The van der Waals surface area contributed by atoms with E-state index in [-0.39, 0.29) is 0 Å². The van der Waals surface area contributed by atoms with Crippen LogP contribution >= 0.6 is 0 Å². The molecule has 0 aliphatic carbocycles. The summed E-state index contributed by atoms with van der Waals surface area (Å²) in [5, 5.41) is 8.28. The molecule has 0 bridgehead atoms. The summed E-state index contributed by atoms with van der Waals surface area (Å²) in [6.45, 7) is 6.01. The Balaban J connectivity index is 2.69. The monoisotopic (exact) mass is 225 g/mol. The maximum absolute atomic E-state index is 5.09. The van der Waals surface area contributed by atoms with Gasteiger partial charge in [0.05, 0.1) is 6.61 Å². The van der Waals surface area contributed by atoms with Gasteiger partial charge in [-0.3, -0.25) is 0 Å². The summed E-state index contributed by atoms with van der Waals surface area (Å²) < 4.78 is 7.22. The average molecular weight is 225 g/mol. The van der Waals surface area contributed by atoms with Crippen molar-refractivity contribution in [2.75, 3.05) is 13.7 Å². The Hall–Kier alpha value is -0.900. The highest BCUT2D eigenvalue weighted by atomic mass is 16.5. The second kappa shape index (κ2) is 7.39. The predicted molar refractivity (Wildman–Crippen MR) is 64.5 cm³/mol. The zero-order valence-electron chi connectivity index (χ0n) is 10.6. The van der Waals surface area contributed by atoms with E-state index in [1.54, 1.807) is 7.11 Å². The minimum Gasteiger partial charge on any atom is -0.383 e. The fourth-order valence-corrected chi connectivity index (χ4v) is 2.04. The van der Waals surface area contributed by atoms with Crippen LogP contribution in [0.25, 0.3) is 0 Å². The topological polar surface area (TPSA) is 39.9 Å². The van der Waals surface area contributed by atoms with Crippen LogP contribution in [0.15, 0.2) is 6.33 Å². The Labute approximate surface area is 98.0 Å². The van der Waals surface area contributed by atoms with Crippen LogP contribution in [0.4, 0.5) is 0 Å². The average Bonchev–Trinajstić information content (AvgIpc) is 2.74. The van der Waals surface area contributed by atoms with Gasteiger partial charge >= 0.3 is 0 Å². The van der Waals surface area contributed by atoms with Gasteiger partial charge in [-0.15, -0.1) is 10.2 Å². The molecule has 0 fully saturated rings. The van der Waals surface area contributed by atoms with Gasteiger partial charge in [0.15, 0.2) is 0 Å². The Morgan fingerprint density at radius 2 is 2.00 bits per heavy atom. The highest BCUT2D eigenvalue weighted by molar-refractivity contribution is 4.96. The summed E-state index contributed by atoms with van der Waals surface area (Å²) >= 11 is 0. The van der Waals surface area contributed by atoms with Gasteiger partial charge in [0.1, 0.15) is 12.2 Å².